The molecule has 0 saturated heterocycles. The molecule has 3 rings (SSSR count). The molecule has 2 aromatic heterocycles. The van der Waals surface area contributed by atoms with Gasteiger partial charge in [0.25, 0.3) is 0 Å². The number of nitrogens with zero attached hydrogens (tertiary/aromatic N) is 3. The van der Waals surface area contributed by atoms with Crippen LogP contribution in [0.25, 0.3) is 16.9 Å². The molecule has 0 aliphatic rings. The van der Waals surface area contributed by atoms with Crippen LogP contribution in [-0.4, -0.2) is 9.78 Å². The molecule has 3 nitrogen and oxygen atoms in total. The molecule has 0 aliphatic carbocycles. The molecule has 0 unspecified atom stereocenters. The predicted molar refractivity (Wildman–Crippen MR) is 84.7 cm³/mol. The van der Waals surface area contributed by atoms with Crippen molar-refractivity contribution in [3.05, 3.63) is 65.6 Å². The van der Waals surface area contributed by atoms with E-state index in [9.17, 15) is 13.2 Å². The molecule has 0 spiro atoms. The van der Waals surface area contributed by atoms with Gasteiger partial charge in [-0.3, -0.25) is 4.68 Å². The summed E-state index contributed by atoms with van der Waals surface area (Å²) in [4.78, 5) is 0. The zero-order valence-electron chi connectivity index (χ0n) is 13.6. The van der Waals surface area contributed by atoms with Gasteiger partial charge in [-0.1, -0.05) is 6.07 Å². The van der Waals surface area contributed by atoms with Crippen molar-refractivity contribution in [1.82, 2.24) is 9.78 Å². The molecular formula is C18H17F3N3+. The van der Waals surface area contributed by atoms with Gasteiger partial charge in [0.15, 0.2) is 11.9 Å². The molecule has 0 bridgehead atoms. The van der Waals surface area contributed by atoms with Crippen molar-refractivity contribution >= 4 is 0 Å². The van der Waals surface area contributed by atoms with E-state index in [0.717, 1.165) is 11.3 Å². The van der Waals surface area contributed by atoms with Gasteiger partial charge >= 0.3 is 6.18 Å². The molecule has 6 heteroatoms. The van der Waals surface area contributed by atoms with Gasteiger partial charge in [-0.2, -0.15) is 22.8 Å². The number of aromatic nitrogens is 3. The van der Waals surface area contributed by atoms with Gasteiger partial charge in [-0.15, -0.1) is 0 Å². The molecular weight excluding hydrogens is 315 g/mol. The van der Waals surface area contributed by atoms with Crippen LogP contribution in [0, 0.1) is 13.8 Å². The van der Waals surface area contributed by atoms with E-state index in [4.69, 9.17) is 0 Å². The number of rotatable bonds is 2. The molecule has 2 heterocycles. The van der Waals surface area contributed by atoms with Crippen LogP contribution in [0.2, 0.25) is 0 Å². The Labute approximate surface area is 138 Å². The van der Waals surface area contributed by atoms with Crippen LogP contribution >= 0.6 is 0 Å². The third-order valence-corrected chi connectivity index (χ3v) is 4.13. The first-order chi connectivity index (χ1) is 11.3. The van der Waals surface area contributed by atoms with E-state index in [0.29, 0.717) is 16.9 Å². The fourth-order valence-corrected chi connectivity index (χ4v) is 2.82. The topological polar surface area (TPSA) is 21.7 Å². The fourth-order valence-electron chi connectivity index (χ4n) is 2.82. The number of pyridine rings is 1. The van der Waals surface area contributed by atoms with Crippen LogP contribution in [0.4, 0.5) is 13.2 Å². The Morgan fingerprint density at radius 2 is 1.83 bits per heavy atom. The third-order valence-electron chi connectivity index (χ3n) is 4.13. The fraction of sp³-hybridized carbons (Fsp3) is 0.222. The first-order valence-electron chi connectivity index (χ1n) is 7.47. The van der Waals surface area contributed by atoms with Gasteiger partial charge in [0.1, 0.15) is 0 Å². The van der Waals surface area contributed by atoms with Gasteiger partial charge < -0.3 is 0 Å². The van der Waals surface area contributed by atoms with Crippen molar-refractivity contribution in [1.29, 1.82) is 0 Å². The summed E-state index contributed by atoms with van der Waals surface area (Å²) < 4.78 is 43.6. The quantitative estimate of drug-likeness (QED) is 0.650. The summed E-state index contributed by atoms with van der Waals surface area (Å²) in [5.74, 6) is 0. The Morgan fingerprint density at radius 3 is 2.42 bits per heavy atom. The van der Waals surface area contributed by atoms with Gasteiger partial charge in [0.05, 0.1) is 11.3 Å². The Morgan fingerprint density at radius 1 is 1.08 bits per heavy atom. The molecule has 0 atom stereocenters. The maximum absolute atomic E-state index is 13.4. The van der Waals surface area contributed by atoms with Crippen LogP contribution in [0.15, 0.2) is 48.8 Å². The lowest BCUT2D eigenvalue weighted by molar-refractivity contribution is -0.603. The highest BCUT2D eigenvalue weighted by molar-refractivity contribution is 5.68. The van der Waals surface area contributed by atoms with Crippen molar-refractivity contribution in [2.24, 2.45) is 7.05 Å². The van der Waals surface area contributed by atoms with E-state index in [1.165, 1.54) is 12.1 Å². The van der Waals surface area contributed by atoms with Crippen LogP contribution in [0.5, 0.6) is 0 Å². The number of aryl methyl sites for hydroxylation is 2. The van der Waals surface area contributed by atoms with E-state index >= 15 is 0 Å². The predicted octanol–water partition coefficient (Wildman–Crippen LogP) is 4.00. The molecule has 1 aromatic carbocycles. The number of hydrogen-bond donors (Lipinski definition) is 0. The van der Waals surface area contributed by atoms with E-state index in [1.807, 2.05) is 26.0 Å². The van der Waals surface area contributed by atoms with E-state index in [1.54, 1.807) is 40.8 Å². The van der Waals surface area contributed by atoms with Gasteiger partial charge in [0.2, 0.25) is 5.69 Å². The summed E-state index contributed by atoms with van der Waals surface area (Å²) in [6, 6.07) is 9.63. The molecule has 0 N–H and O–H groups in total. The normalized spacial score (nSPS) is 11.8. The van der Waals surface area contributed by atoms with Crippen LogP contribution < -0.4 is 4.57 Å². The molecule has 0 fully saturated rings. The molecule has 0 amide bonds. The summed E-state index contributed by atoms with van der Waals surface area (Å²) in [6.07, 6.45) is -1.07. The van der Waals surface area contributed by atoms with Gasteiger partial charge in [-0.05, 0) is 19.1 Å². The lowest BCUT2D eigenvalue weighted by Crippen LogP contribution is -2.35. The van der Waals surface area contributed by atoms with E-state index < -0.39 is 11.7 Å². The van der Waals surface area contributed by atoms with Crippen molar-refractivity contribution in [3.63, 3.8) is 0 Å². The van der Waals surface area contributed by atoms with Crippen molar-refractivity contribution in [3.8, 4) is 16.9 Å². The average Bonchev–Trinajstić information content (AvgIpc) is 2.93. The maximum atomic E-state index is 13.4. The molecule has 3 aromatic rings. The summed E-state index contributed by atoms with van der Waals surface area (Å²) in [5.41, 5.74) is 2.64. The van der Waals surface area contributed by atoms with Crippen LogP contribution in [-0.2, 0) is 13.2 Å². The summed E-state index contributed by atoms with van der Waals surface area (Å²) in [6.45, 7) is 3.70. The average molecular weight is 332 g/mol. The van der Waals surface area contributed by atoms with Crippen molar-refractivity contribution < 1.29 is 17.7 Å². The summed E-state index contributed by atoms with van der Waals surface area (Å²) in [7, 11) is 1.72. The van der Waals surface area contributed by atoms with Crippen molar-refractivity contribution in [2.45, 2.75) is 20.0 Å². The highest BCUT2D eigenvalue weighted by Gasteiger charge is 2.34. The molecule has 0 saturated carbocycles. The summed E-state index contributed by atoms with van der Waals surface area (Å²) >= 11 is 0. The minimum atomic E-state index is -4.42. The largest absolute Gasteiger partial charge is 0.416 e. The third kappa shape index (κ3) is 2.79. The highest BCUT2D eigenvalue weighted by Crippen LogP contribution is 2.35. The first kappa shape index (κ1) is 16.2. The Kier molecular flexibility index (Phi) is 3.91. The molecule has 0 aliphatic heterocycles. The number of benzene rings is 1. The lowest BCUT2D eigenvalue weighted by Gasteiger charge is -2.14. The molecule has 24 heavy (non-hydrogen) atoms. The smallest absolute Gasteiger partial charge is 0.268 e. The lowest BCUT2D eigenvalue weighted by atomic mass is 9.99. The van der Waals surface area contributed by atoms with E-state index in [2.05, 4.69) is 5.10 Å². The monoisotopic (exact) mass is 332 g/mol. The Bertz CT molecular complexity index is 895. The first-order valence-corrected chi connectivity index (χ1v) is 7.47. The van der Waals surface area contributed by atoms with Gasteiger partial charge in [0, 0.05) is 49.5 Å². The van der Waals surface area contributed by atoms with Crippen LogP contribution in [0.3, 0.4) is 0 Å². The second kappa shape index (κ2) is 5.78. The Balaban J connectivity index is 2.34. The highest BCUT2D eigenvalue weighted by atomic mass is 19.4. The SMILES string of the molecule is Cc1c(-c2ccnn2C)cc(C(F)(F)F)cc1-[n+]1ccccc1C. The molecule has 124 valence electrons. The van der Waals surface area contributed by atoms with Crippen molar-refractivity contribution in [2.75, 3.05) is 0 Å². The molecule has 0 radical (unpaired) electrons. The maximum Gasteiger partial charge on any atom is 0.416 e. The number of hydrogen-bond acceptors (Lipinski definition) is 1. The second-order valence-electron chi connectivity index (χ2n) is 5.72. The Hall–Kier alpha value is -2.63. The minimum Gasteiger partial charge on any atom is -0.268 e. The number of halogens is 3. The second-order valence-corrected chi connectivity index (χ2v) is 5.72. The minimum absolute atomic E-state index is 0.513. The number of alkyl halides is 3. The van der Waals surface area contributed by atoms with E-state index in [-0.39, 0.29) is 0 Å². The zero-order valence-corrected chi connectivity index (χ0v) is 13.6. The van der Waals surface area contributed by atoms with Gasteiger partial charge in [-0.25, -0.2) is 0 Å². The van der Waals surface area contributed by atoms with Crippen LogP contribution in [0.1, 0.15) is 16.8 Å². The zero-order chi connectivity index (χ0) is 17.5. The standard InChI is InChI=1S/C18H17F3N3/c1-12-6-4-5-9-24(12)17-11-14(18(19,20)21)10-15(13(17)2)16-7-8-22-23(16)3/h4-11H,1-3H3/q+1. The summed E-state index contributed by atoms with van der Waals surface area (Å²) in [5, 5.41) is 4.07.